The Hall–Kier alpha value is -2.57. The molecule has 1 saturated carbocycles. The van der Waals surface area contributed by atoms with E-state index in [0.29, 0.717) is 17.9 Å². The van der Waals surface area contributed by atoms with Crippen molar-refractivity contribution in [3.63, 3.8) is 0 Å². The van der Waals surface area contributed by atoms with Crippen LogP contribution in [0.2, 0.25) is 0 Å². The second-order valence-corrected chi connectivity index (χ2v) is 7.24. The van der Waals surface area contributed by atoms with Gasteiger partial charge in [-0.05, 0) is 37.3 Å². The molecule has 4 rings (SSSR count). The van der Waals surface area contributed by atoms with Crippen LogP contribution in [-0.2, 0) is 14.4 Å². The SMILES string of the molecule is O=C(O)C1CC2CCCCC2N1C(=O)CN1C(=O)COc2ccccc21. The van der Waals surface area contributed by atoms with Crippen LogP contribution in [0.4, 0.5) is 5.69 Å². The maximum Gasteiger partial charge on any atom is 0.326 e. The first-order valence-electron chi connectivity index (χ1n) is 9.12. The Labute approximate surface area is 151 Å². The molecule has 138 valence electrons. The van der Waals surface area contributed by atoms with E-state index in [1.807, 2.05) is 6.07 Å². The molecule has 2 amide bonds. The average Bonchev–Trinajstić information content (AvgIpc) is 3.04. The first-order valence-corrected chi connectivity index (χ1v) is 9.12. The van der Waals surface area contributed by atoms with Gasteiger partial charge in [0, 0.05) is 6.04 Å². The number of aliphatic carboxylic acids is 1. The zero-order chi connectivity index (χ0) is 18.3. The number of carbonyl (C=O) groups is 3. The number of ether oxygens (including phenoxy) is 1. The van der Waals surface area contributed by atoms with Gasteiger partial charge in [0.15, 0.2) is 6.61 Å². The molecule has 0 aromatic heterocycles. The summed E-state index contributed by atoms with van der Waals surface area (Å²) < 4.78 is 5.41. The minimum Gasteiger partial charge on any atom is -0.482 e. The van der Waals surface area contributed by atoms with E-state index in [1.54, 1.807) is 18.2 Å². The van der Waals surface area contributed by atoms with Crippen molar-refractivity contribution in [2.24, 2.45) is 5.92 Å². The van der Waals surface area contributed by atoms with Crippen molar-refractivity contribution in [2.45, 2.75) is 44.2 Å². The molecule has 7 nitrogen and oxygen atoms in total. The molecule has 0 bridgehead atoms. The first kappa shape index (κ1) is 16.9. The lowest BCUT2D eigenvalue weighted by atomic mass is 9.85. The van der Waals surface area contributed by atoms with Gasteiger partial charge in [-0.15, -0.1) is 0 Å². The lowest BCUT2D eigenvalue weighted by Crippen LogP contribution is -2.52. The molecular formula is C19H22N2O5. The quantitative estimate of drug-likeness (QED) is 0.888. The van der Waals surface area contributed by atoms with Gasteiger partial charge in [0.25, 0.3) is 5.91 Å². The highest BCUT2D eigenvalue weighted by Gasteiger charge is 2.48. The number of rotatable bonds is 3. The summed E-state index contributed by atoms with van der Waals surface area (Å²) in [5.74, 6) is -0.727. The van der Waals surface area contributed by atoms with Crippen LogP contribution in [0.3, 0.4) is 0 Å². The second-order valence-electron chi connectivity index (χ2n) is 7.24. The smallest absolute Gasteiger partial charge is 0.326 e. The van der Waals surface area contributed by atoms with Crippen LogP contribution in [0.1, 0.15) is 32.1 Å². The number of hydrogen-bond acceptors (Lipinski definition) is 4. The summed E-state index contributed by atoms with van der Waals surface area (Å²) >= 11 is 0. The number of carboxylic acids is 1. The van der Waals surface area contributed by atoms with Gasteiger partial charge in [-0.3, -0.25) is 14.5 Å². The molecule has 2 aliphatic heterocycles. The Kier molecular flexibility index (Phi) is 4.30. The van der Waals surface area contributed by atoms with Crippen LogP contribution < -0.4 is 9.64 Å². The number of benzene rings is 1. The third-order valence-corrected chi connectivity index (χ3v) is 5.76. The molecule has 0 spiro atoms. The molecule has 1 aromatic rings. The van der Waals surface area contributed by atoms with Crippen molar-refractivity contribution < 1.29 is 24.2 Å². The van der Waals surface area contributed by atoms with Crippen LogP contribution in [0.25, 0.3) is 0 Å². The first-order chi connectivity index (χ1) is 12.6. The van der Waals surface area contributed by atoms with Crippen molar-refractivity contribution in [1.29, 1.82) is 0 Å². The van der Waals surface area contributed by atoms with Crippen molar-refractivity contribution in [3.8, 4) is 5.75 Å². The summed E-state index contributed by atoms with van der Waals surface area (Å²) in [6.45, 7) is -0.259. The number of amides is 2. The molecule has 0 radical (unpaired) electrons. The van der Waals surface area contributed by atoms with Gasteiger partial charge in [0.2, 0.25) is 5.91 Å². The van der Waals surface area contributed by atoms with E-state index < -0.39 is 12.0 Å². The third kappa shape index (κ3) is 2.81. The van der Waals surface area contributed by atoms with Gasteiger partial charge in [-0.2, -0.15) is 0 Å². The predicted octanol–water partition coefficient (Wildman–Crippen LogP) is 1.66. The summed E-state index contributed by atoms with van der Waals surface area (Å²) in [7, 11) is 0. The number of fused-ring (bicyclic) bond motifs is 2. The van der Waals surface area contributed by atoms with Crippen molar-refractivity contribution in [1.82, 2.24) is 4.90 Å². The molecule has 2 heterocycles. The van der Waals surface area contributed by atoms with E-state index in [0.717, 1.165) is 25.7 Å². The zero-order valence-electron chi connectivity index (χ0n) is 14.5. The average molecular weight is 358 g/mol. The van der Waals surface area contributed by atoms with Crippen LogP contribution in [-0.4, -0.2) is 53.0 Å². The molecule has 26 heavy (non-hydrogen) atoms. The molecule has 1 aromatic carbocycles. The maximum absolute atomic E-state index is 13.1. The summed E-state index contributed by atoms with van der Waals surface area (Å²) in [6, 6.07) is 6.27. The van der Waals surface area contributed by atoms with Crippen molar-refractivity contribution in [3.05, 3.63) is 24.3 Å². The molecule has 3 unspecified atom stereocenters. The number of carbonyl (C=O) groups excluding carboxylic acids is 2. The van der Waals surface area contributed by atoms with Gasteiger partial charge in [-0.25, -0.2) is 4.79 Å². The molecule has 1 aliphatic carbocycles. The van der Waals surface area contributed by atoms with Gasteiger partial charge in [0.05, 0.1) is 5.69 Å². The van der Waals surface area contributed by atoms with E-state index in [2.05, 4.69) is 0 Å². The van der Waals surface area contributed by atoms with Crippen LogP contribution in [0.5, 0.6) is 5.75 Å². The standard InChI is InChI=1S/C19H22N2O5/c22-17(10-20-14-7-3-4-8-16(14)26-11-18(20)23)21-13-6-2-1-5-12(13)9-15(21)19(24)25/h3-4,7-8,12-13,15H,1-2,5-6,9-11H2,(H,24,25). The molecule has 1 saturated heterocycles. The molecule has 1 N–H and O–H groups in total. The predicted molar refractivity (Wildman–Crippen MR) is 92.9 cm³/mol. The lowest BCUT2D eigenvalue weighted by molar-refractivity contribution is -0.149. The van der Waals surface area contributed by atoms with E-state index in [4.69, 9.17) is 4.74 Å². The Bertz CT molecular complexity index is 749. The highest BCUT2D eigenvalue weighted by atomic mass is 16.5. The summed E-state index contributed by atoms with van der Waals surface area (Å²) in [5.41, 5.74) is 0.559. The largest absolute Gasteiger partial charge is 0.482 e. The Morgan fingerprint density at radius 3 is 2.77 bits per heavy atom. The molecule has 3 atom stereocenters. The highest BCUT2D eigenvalue weighted by Crippen LogP contribution is 2.40. The van der Waals surface area contributed by atoms with E-state index in [-0.39, 0.29) is 36.9 Å². The van der Waals surface area contributed by atoms with E-state index in [1.165, 1.54) is 9.80 Å². The van der Waals surface area contributed by atoms with Crippen molar-refractivity contribution in [2.75, 3.05) is 18.1 Å². The number of anilines is 1. The minimum atomic E-state index is -0.957. The monoisotopic (exact) mass is 358 g/mol. The molecule has 7 heteroatoms. The minimum absolute atomic E-state index is 0.0243. The summed E-state index contributed by atoms with van der Waals surface area (Å²) in [5, 5.41) is 9.60. The Balaban J connectivity index is 1.59. The van der Waals surface area contributed by atoms with Crippen LogP contribution >= 0.6 is 0 Å². The Morgan fingerprint density at radius 2 is 1.96 bits per heavy atom. The third-order valence-electron chi connectivity index (χ3n) is 5.76. The van der Waals surface area contributed by atoms with Gasteiger partial charge < -0.3 is 14.7 Å². The fraction of sp³-hybridized carbons (Fsp3) is 0.526. The number of nitrogens with zero attached hydrogens (tertiary/aromatic N) is 2. The number of para-hydroxylation sites is 2. The van der Waals surface area contributed by atoms with E-state index >= 15 is 0 Å². The Morgan fingerprint density at radius 1 is 1.19 bits per heavy atom. The zero-order valence-corrected chi connectivity index (χ0v) is 14.5. The fourth-order valence-electron chi connectivity index (χ4n) is 4.58. The van der Waals surface area contributed by atoms with Gasteiger partial charge in [0.1, 0.15) is 18.3 Å². The van der Waals surface area contributed by atoms with Gasteiger partial charge in [-0.1, -0.05) is 25.0 Å². The number of carboxylic acid groups (broad SMARTS) is 1. The summed E-state index contributed by atoms with van der Waals surface area (Å²) in [6.07, 6.45) is 4.42. The second kappa shape index (κ2) is 6.63. The lowest BCUT2D eigenvalue weighted by Gasteiger charge is -2.35. The van der Waals surface area contributed by atoms with Crippen molar-refractivity contribution >= 4 is 23.5 Å². The maximum atomic E-state index is 13.1. The van der Waals surface area contributed by atoms with Crippen LogP contribution in [0, 0.1) is 5.92 Å². The number of hydrogen-bond donors (Lipinski definition) is 1. The molecule has 3 aliphatic rings. The topological polar surface area (TPSA) is 87.2 Å². The normalized spacial score (nSPS) is 27.5. The van der Waals surface area contributed by atoms with Gasteiger partial charge >= 0.3 is 5.97 Å². The number of likely N-dealkylation sites (tertiary alicyclic amines) is 1. The summed E-state index contributed by atoms with van der Waals surface area (Å²) in [4.78, 5) is 40.1. The molecular weight excluding hydrogens is 336 g/mol. The van der Waals surface area contributed by atoms with E-state index in [9.17, 15) is 19.5 Å². The highest BCUT2D eigenvalue weighted by molar-refractivity contribution is 6.02. The van der Waals surface area contributed by atoms with Crippen LogP contribution in [0.15, 0.2) is 24.3 Å². The fourth-order valence-corrected chi connectivity index (χ4v) is 4.58. The molecule has 2 fully saturated rings.